The number of aliphatic hydroxyl groups is 2. The molecule has 0 aliphatic rings. The van der Waals surface area contributed by atoms with Crippen molar-refractivity contribution in [1.82, 2.24) is 5.32 Å². The molecule has 0 aromatic rings. The van der Waals surface area contributed by atoms with Gasteiger partial charge in [0.1, 0.15) is 6.10 Å². The number of allylic oxidation sites excluding steroid dienone is 12. The van der Waals surface area contributed by atoms with Crippen LogP contribution in [0.2, 0.25) is 0 Å². The van der Waals surface area contributed by atoms with Crippen LogP contribution in [0.1, 0.15) is 213 Å². The minimum Gasteiger partial charge on any atom is -0.462 e. The number of hydrogen-bond donors (Lipinski definition) is 3. The van der Waals surface area contributed by atoms with Gasteiger partial charge in [0, 0.05) is 6.42 Å². The maximum atomic E-state index is 13.1. The van der Waals surface area contributed by atoms with Crippen LogP contribution in [0.4, 0.5) is 0 Å². The predicted molar refractivity (Wildman–Crippen MR) is 245 cm³/mol. The van der Waals surface area contributed by atoms with Crippen molar-refractivity contribution < 1.29 is 24.5 Å². The Kier molecular flexibility index (Phi) is 42.3. The zero-order chi connectivity index (χ0) is 41.7. The standard InChI is InChI=1S/C51H89NO5/c1-4-7-10-13-16-19-22-24-26-29-32-35-38-41-44-51(56)57-47(42-39-36-33-30-28-25-23-20-17-14-11-8-5-2)45-50(55)52-48(46-53)49(54)43-40-37-34-31-27-21-18-15-12-9-6-3/h8,11,14,17,20,23,25-26,28-30,33,47-49,53-54H,4-7,9-10,12-13,15-16,18-19,21-22,24,27,31-32,34-46H2,1-3H3,(H,52,55)/b11-8+,17-14+,23-20-,28-25-,29-26-,33-30+. The molecule has 0 aliphatic carbocycles. The van der Waals surface area contributed by atoms with Gasteiger partial charge in [-0.25, -0.2) is 0 Å². The van der Waals surface area contributed by atoms with Gasteiger partial charge in [-0.3, -0.25) is 9.59 Å². The fourth-order valence-corrected chi connectivity index (χ4v) is 6.80. The van der Waals surface area contributed by atoms with E-state index in [4.69, 9.17) is 4.74 Å². The smallest absolute Gasteiger partial charge is 0.306 e. The molecule has 0 aromatic heterocycles. The number of rotatable bonds is 41. The molecule has 0 spiro atoms. The lowest BCUT2D eigenvalue weighted by atomic mass is 10.0. The lowest BCUT2D eigenvalue weighted by Gasteiger charge is -2.24. The van der Waals surface area contributed by atoms with Crippen molar-refractivity contribution in [3.63, 3.8) is 0 Å². The number of carbonyl (C=O) groups is 2. The molecule has 0 saturated carbocycles. The van der Waals surface area contributed by atoms with Gasteiger partial charge in [0.05, 0.1) is 25.2 Å². The van der Waals surface area contributed by atoms with Gasteiger partial charge in [-0.05, 0) is 64.2 Å². The Morgan fingerprint density at radius 3 is 1.51 bits per heavy atom. The van der Waals surface area contributed by atoms with Crippen LogP contribution < -0.4 is 5.32 Å². The Labute approximate surface area is 351 Å². The van der Waals surface area contributed by atoms with Crippen LogP contribution in [-0.4, -0.2) is 46.9 Å². The van der Waals surface area contributed by atoms with Gasteiger partial charge in [0.25, 0.3) is 0 Å². The Morgan fingerprint density at radius 1 is 0.526 bits per heavy atom. The summed E-state index contributed by atoms with van der Waals surface area (Å²) in [5.74, 6) is -0.570. The summed E-state index contributed by atoms with van der Waals surface area (Å²) < 4.78 is 5.86. The number of hydrogen-bond acceptors (Lipinski definition) is 5. The third-order valence-electron chi connectivity index (χ3n) is 10.4. The summed E-state index contributed by atoms with van der Waals surface area (Å²) in [5.41, 5.74) is 0. The van der Waals surface area contributed by atoms with Crippen LogP contribution >= 0.6 is 0 Å². The highest BCUT2D eigenvalue weighted by molar-refractivity contribution is 5.77. The van der Waals surface area contributed by atoms with E-state index in [-0.39, 0.29) is 24.9 Å². The van der Waals surface area contributed by atoms with Gasteiger partial charge in [-0.15, -0.1) is 0 Å². The van der Waals surface area contributed by atoms with Crippen molar-refractivity contribution >= 4 is 11.9 Å². The van der Waals surface area contributed by atoms with Gasteiger partial charge in [0.2, 0.25) is 5.91 Å². The molecule has 1 amide bonds. The highest BCUT2D eigenvalue weighted by atomic mass is 16.5. The van der Waals surface area contributed by atoms with Gasteiger partial charge in [-0.1, -0.05) is 209 Å². The number of amides is 1. The second kappa shape index (κ2) is 44.4. The molecule has 3 unspecified atom stereocenters. The van der Waals surface area contributed by atoms with Crippen molar-refractivity contribution in [2.75, 3.05) is 6.61 Å². The average molecular weight is 796 g/mol. The molecule has 3 atom stereocenters. The first-order chi connectivity index (χ1) is 28.0. The molecule has 3 N–H and O–H groups in total. The number of unbranched alkanes of at least 4 members (excludes halogenated alkanes) is 21. The molecule has 0 aromatic carbocycles. The van der Waals surface area contributed by atoms with Crippen LogP contribution in [0.25, 0.3) is 0 Å². The Hall–Kier alpha value is -2.70. The second-order valence-corrected chi connectivity index (χ2v) is 15.9. The molecule has 0 radical (unpaired) electrons. The molecule has 0 heterocycles. The van der Waals surface area contributed by atoms with Gasteiger partial charge in [-0.2, -0.15) is 0 Å². The highest BCUT2D eigenvalue weighted by Crippen LogP contribution is 2.16. The molecular weight excluding hydrogens is 707 g/mol. The summed E-state index contributed by atoms with van der Waals surface area (Å²) in [4.78, 5) is 26.0. The first kappa shape index (κ1) is 54.3. The van der Waals surface area contributed by atoms with E-state index in [9.17, 15) is 19.8 Å². The van der Waals surface area contributed by atoms with Crippen molar-refractivity contribution in [1.29, 1.82) is 0 Å². The van der Waals surface area contributed by atoms with Crippen LogP contribution in [0.15, 0.2) is 72.9 Å². The predicted octanol–water partition coefficient (Wildman–Crippen LogP) is 13.8. The Balaban J connectivity index is 4.74. The molecule has 328 valence electrons. The maximum absolute atomic E-state index is 13.1. The number of carbonyl (C=O) groups excluding carboxylic acids is 2. The van der Waals surface area contributed by atoms with E-state index in [2.05, 4.69) is 50.4 Å². The molecule has 6 nitrogen and oxygen atoms in total. The van der Waals surface area contributed by atoms with E-state index in [0.29, 0.717) is 19.3 Å². The van der Waals surface area contributed by atoms with Crippen LogP contribution in [0.5, 0.6) is 0 Å². The third kappa shape index (κ3) is 39.9. The average Bonchev–Trinajstić information content (AvgIpc) is 3.20. The van der Waals surface area contributed by atoms with Crippen molar-refractivity contribution in [2.24, 2.45) is 0 Å². The van der Waals surface area contributed by atoms with Crippen molar-refractivity contribution in [3.8, 4) is 0 Å². The quantitative estimate of drug-likeness (QED) is 0.0248. The molecule has 0 rings (SSSR count). The molecule has 0 aliphatic heterocycles. The minimum atomic E-state index is -0.810. The first-order valence-electron chi connectivity index (χ1n) is 23.7. The SMILES string of the molecule is CC/C=C/C=C/C=C\C=C/C=C/CCCC(CC(=O)NC(CO)C(O)CCCCCCCCCCCCC)OC(=O)CCCCC/C=C\CCCCCCCCC. The van der Waals surface area contributed by atoms with Crippen LogP contribution in [0.3, 0.4) is 0 Å². The van der Waals surface area contributed by atoms with E-state index in [1.54, 1.807) is 0 Å². The molecule has 0 bridgehead atoms. The summed E-state index contributed by atoms with van der Waals surface area (Å²) in [6.45, 7) is 6.29. The largest absolute Gasteiger partial charge is 0.462 e. The summed E-state index contributed by atoms with van der Waals surface area (Å²) in [7, 11) is 0. The summed E-state index contributed by atoms with van der Waals surface area (Å²) in [6, 6.07) is -0.728. The summed E-state index contributed by atoms with van der Waals surface area (Å²) in [6.07, 6.45) is 55.4. The minimum absolute atomic E-state index is 0.0202. The maximum Gasteiger partial charge on any atom is 0.306 e. The van der Waals surface area contributed by atoms with Gasteiger partial charge >= 0.3 is 5.97 Å². The second-order valence-electron chi connectivity index (χ2n) is 15.9. The number of esters is 1. The van der Waals surface area contributed by atoms with Crippen LogP contribution in [-0.2, 0) is 14.3 Å². The molecular formula is C51H89NO5. The van der Waals surface area contributed by atoms with Gasteiger partial charge in [0.15, 0.2) is 0 Å². The highest BCUT2D eigenvalue weighted by Gasteiger charge is 2.24. The Morgan fingerprint density at radius 2 is 0.982 bits per heavy atom. The fourth-order valence-electron chi connectivity index (χ4n) is 6.80. The van der Waals surface area contributed by atoms with Crippen molar-refractivity contribution in [2.45, 2.75) is 232 Å². The monoisotopic (exact) mass is 796 g/mol. The normalized spacial score (nSPS) is 14.0. The Bertz CT molecular complexity index is 1070. The van der Waals surface area contributed by atoms with Gasteiger partial charge < -0.3 is 20.3 Å². The summed E-state index contributed by atoms with van der Waals surface area (Å²) in [5, 5.41) is 23.6. The number of ether oxygens (including phenoxy) is 1. The third-order valence-corrected chi connectivity index (χ3v) is 10.4. The van der Waals surface area contributed by atoms with E-state index < -0.39 is 18.2 Å². The zero-order valence-electron chi connectivity index (χ0n) is 37.2. The van der Waals surface area contributed by atoms with E-state index in [0.717, 1.165) is 70.6 Å². The topological polar surface area (TPSA) is 95.9 Å². The molecule has 0 fully saturated rings. The lowest BCUT2D eigenvalue weighted by Crippen LogP contribution is -2.46. The first-order valence-corrected chi connectivity index (χ1v) is 23.7. The molecule has 57 heavy (non-hydrogen) atoms. The zero-order valence-corrected chi connectivity index (χ0v) is 37.2. The van der Waals surface area contributed by atoms with E-state index in [1.165, 1.54) is 96.3 Å². The van der Waals surface area contributed by atoms with E-state index in [1.807, 2.05) is 48.6 Å². The summed E-state index contributed by atoms with van der Waals surface area (Å²) >= 11 is 0. The fraction of sp³-hybridized carbons (Fsp3) is 0.725. The molecule has 0 saturated heterocycles. The molecule has 6 heteroatoms. The van der Waals surface area contributed by atoms with Crippen LogP contribution in [0, 0.1) is 0 Å². The van der Waals surface area contributed by atoms with Crippen molar-refractivity contribution in [3.05, 3.63) is 72.9 Å². The van der Waals surface area contributed by atoms with E-state index >= 15 is 0 Å². The lowest BCUT2D eigenvalue weighted by molar-refractivity contribution is -0.151. The number of aliphatic hydroxyl groups excluding tert-OH is 2. The number of nitrogens with one attached hydrogen (secondary N) is 1.